The van der Waals surface area contributed by atoms with Crippen LogP contribution in [0.4, 0.5) is 0 Å². The molecule has 1 aromatic rings. The van der Waals surface area contributed by atoms with E-state index in [0.717, 1.165) is 49.5 Å². The number of nitrogens with two attached hydrogens (primary N) is 1. The molecule has 3 aliphatic rings. The van der Waals surface area contributed by atoms with Crippen molar-refractivity contribution in [3.63, 3.8) is 0 Å². The molecule has 0 amide bonds. The summed E-state index contributed by atoms with van der Waals surface area (Å²) in [4.78, 5) is 11.4. The number of fused-ring (bicyclic) bond motifs is 5. The number of hydrogen-bond donors (Lipinski definition) is 1. The van der Waals surface area contributed by atoms with Crippen LogP contribution in [0.1, 0.15) is 49.7 Å². The molecule has 0 heterocycles. The molecule has 2 N–H and O–H groups in total. The van der Waals surface area contributed by atoms with E-state index in [1.165, 1.54) is 5.56 Å². The van der Waals surface area contributed by atoms with Crippen LogP contribution in [0.15, 0.2) is 29.8 Å². The topological polar surface area (TPSA) is 86.5 Å². The predicted molar refractivity (Wildman–Crippen MR) is 94.3 cm³/mol. The third-order valence-electron chi connectivity index (χ3n) is 6.68. The fourth-order valence-corrected chi connectivity index (χ4v) is 5.90. The maximum atomic E-state index is 11.4. The van der Waals surface area contributed by atoms with Gasteiger partial charge in [-0.05, 0) is 84.1 Å². The van der Waals surface area contributed by atoms with Gasteiger partial charge in [0.2, 0.25) is 0 Å². The van der Waals surface area contributed by atoms with E-state index < -0.39 is 10.3 Å². The number of aldehydes is 1. The van der Waals surface area contributed by atoms with Gasteiger partial charge in [-0.2, -0.15) is 13.6 Å². The van der Waals surface area contributed by atoms with E-state index in [2.05, 4.69) is 13.0 Å². The number of aryl methyl sites for hydroxylation is 1. The van der Waals surface area contributed by atoms with Gasteiger partial charge in [0.1, 0.15) is 12.0 Å². The van der Waals surface area contributed by atoms with E-state index >= 15 is 0 Å². The highest BCUT2D eigenvalue weighted by Gasteiger charge is 2.51. The Morgan fingerprint density at radius 1 is 1.32 bits per heavy atom. The zero-order chi connectivity index (χ0) is 17.8. The number of benzene rings is 1. The minimum absolute atomic E-state index is 0.0249. The van der Waals surface area contributed by atoms with Gasteiger partial charge in [0, 0.05) is 0 Å². The highest BCUT2D eigenvalue weighted by atomic mass is 32.2. The molecule has 0 unspecified atom stereocenters. The summed E-state index contributed by atoms with van der Waals surface area (Å²) in [5.41, 5.74) is 3.47. The molecule has 0 radical (unpaired) electrons. The van der Waals surface area contributed by atoms with Crippen molar-refractivity contribution in [1.82, 2.24) is 0 Å². The molecule has 0 aliphatic heterocycles. The van der Waals surface area contributed by atoms with E-state index in [1.807, 2.05) is 12.1 Å². The van der Waals surface area contributed by atoms with Gasteiger partial charge >= 0.3 is 10.3 Å². The van der Waals surface area contributed by atoms with Crippen LogP contribution in [0, 0.1) is 17.3 Å². The van der Waals surface area contributed by atoms with Crippen molar-refractivity contribution in [1.29, 1.82) is 0 Å². The van der Waals surface area contributed by atoms with Crippen molar-refractivity contribution >= 4 is 16.6 Å². The van der Waals surface area contributed by atoms with Gasteiger partial charge in [0.05, 0.1) is 0 Å². The summed E-state index contributed by atoms with van der Waals surface area (Å²) >= 11 is 0. The largest absolute Gasteiger partial charge is 0.380 e. The second-order valence-corrected chi connectivity index (χ2v) is 8.97. The second-order valence-electron chi connectivity index (χ2n) is 7.82. The average Bonchev–Trinajstić information content (AvgIpc) is 2.89. The van der Waals surface area contributed by atoms with Crippen LogP contribution in [0.25, 0.3) is 0 Å². The monoisotopic (exact) mass is 361 g/mol. The Morgan fingerprint density at radius 2 is 2.12 bits per heavy atom. The lowest BCUT2D eigenvalue weighted by Gasteiger charge is -2.49. The first-order valence-electron chi connectivity index (χ1n) is 8.83. The van der Waals surface area contributed by atoms with Crippen LogP contribution in [0.3, 0.4) is 0 Å². The summed E-state index contributed by atoms with van der Waals surface area (Å²) in [5, 5.41) is 4.96. The fourth-order valence-electron chi connectivity index (χ4n) is 5.53. The quantitative estimate of drug-likeness (QED) is 0.839. The van der Waals surface area contributed by atoms with E-state index in [9.17, 15) is 13.2 Å². The number of hydrogen-bond acceptors (Lipinski definition) is 4. The molecule has 0 spiro atoms. The highest BCUT2D eigenvalue weighted by Crippen LogP contribution is 2.60. The zero-order valence-electron chi connectivity index (χ0n) is 14.3. The number of carbonyl (C=O) groups excluding carboxylic acids is 1. The molecule has 1 saturated carbocycles. The first-order valence-corrected chi connectivity index (χ1v) is 10.3. The maximum Gasteiger partial charge on any atom is 0.380 e. The highest BCUT2D eigenvalue weighted by molar-refractivity contribution is 7.84. The number of carbonyl (C=O) groups is 1. The lowest BCUT2D eigenvalue weighted by molar-refractivity contribution is -0.106. The number of rotatable bonds is 3. The molecule has 134 valence electrons. The maximum absolute atomic E-state index is 11.4. The van der Waals surface area contributed by atoms with E-state index in [1.54, 1.807) is 6.07 Å². The summed E-state index contributed by atoms with van der Waals surface area (Å²) in [6.45, 7) is 2.25. The van der Waals surface area contributed by atoms with Crippen molar-refractivity contribution in [2.24, 2.45) is 22.4 Å². The molecule has 25 heavy (non-hydrogen) atoms. The summed E-state index contributed by atoms with van der Waals surface area (Å²) < 4.78 is 27.1. The Kier molecular flexibility index (Phi) is 3.81. The average molecular weight is 361 g/mol. The second kappa shape index (κ2) is 5.68. The van der Waals surface area contributed by atoms with E-state index in [4.69, 9.17) is 9.32 Å². The number of allylic oxidation sites excluding steroid dienone is 2. The first kappa shape index (κ1) is 16.8. The lowest BCUT2D eigenvalue weighted by Crippen LogP contribution is -2.41. The Balaban J connectivity index is 1.63. The van der Waals surface area contributed by atoms with Gasteiger partial charge in [0.15, 0.2) is 0 Å². The van der Waals surface area contributed by atoms with Crippen LogP contribution in [0.5, 0.6) is 5.75 Å². The predicted octanol–water partition coefficient (Wildman–Crippen LogP) is 2.86. The summed E-state index contributed by atoms with van der Waals surface area (Å²) in [7, 11) is -4.00. The third-order valence-corrected chi connectivity index (χ3v) is 7.10. The van der Waals surface area contributed by atoms with Crippen molar-refractivity contribution < 1.29 is 17.4 Å². The first-order chi connectivity index (χ1) is 11.8. The molecule has 0 saturated heterocycles. The van der Waals surface area contributed by atoms with Crippen LogP contribution in [0.2, 0.25) is 0 Å². The van der Waals surface area contributed by atoms with Crippen LogP contribution >= 0.6 is 0 Å². The molecule has 0 bridgehead atoms. The summed E-state index contributed by atoms with van der Waals surface area (Å²) in [6.07, 6.45) is 8.24. The van der Waals surface area contributed by atoms with Gasteiger partial charge in [-0.15, -0.1) is 0 Å². The van der Waals surface area contributed by atoms with E-state index in [0.29, 0.717) is 17.8 Å². The van der Waals surface area contributed by atoms with Gasteiger partial charge in [-0.1, -0.05) is 19.1 Å². The lowest BCUT2D eigenvalue weighted by atomic mass is 9.54. The summed E-state index contributed by atoms with van der Waals surface area (Å²) in [6, 6.07) is 5.51. The molecule has 5 nitrogen and oxygen atoms in total. The van der Waals surface area contributed by atoms with Crippen molar-refractivity contribution in [3.8, 4) is 5.75 Å². The molecular formula is C19H23NO4S. The van der Waals surface area contributed by atoms with Gasteiger partial charge in [-0.3, -0.25) is 4.79 Å². The van der Waals surface area contributed by atoms with Gasteiger partial charge in [0.25, 0.3) is 0 Å². The van der Waals surface area contributed by atoms with Crippen molar-refractivity contribution in [3.05, 3.63) is 41.0 Å². The van der Waals surface area contributed by atoms with Gasteiger partial charge < -0.3 is 4.18 Å². The Hall–Kier alpha value is -1.66. The van der Waals surface area contributed by atoms with E-state index in [-0.39, 0.29) is 11.2 Å². The molecule has 1 fully saturated rings. The normalized spacial score (nSPS) is 33.7. The van der Waals surface area contributed by atoms with Crippen LogP contribution < -0.4 is 9.32 Å². The van der Waals surface area contributed by atoms with Crippen molar-refractivity contribution in [2.45, 2.75) is 44.9 Å². The Labute approximate surface area is 148 Å². The van der Waals surface area contributed by atoms with Crippen molar-refractivity contribution in [2.75, 3.05) is 0 Å². The zero-order valence-corrected chi connectivity index (χ0v) is 15.1. The van der Waals surface area contributed by atoms with Crippen LogP contribution in [-0.4, -0.2) is 14.7 Å². The molecule has 4 atom stereocenters. The molecule has 1 aromatic carbocycles. The third kappa shape index (κ3) is 2.72. The minimum atomic E-state index is -4.00. The Bertz CT molecular complexity index is 860. The summed E-state index contributed by atoms with van der Waals surface area (Å²) in [5.74, 6) is 1.86. The SMILES string of the molecule is C[C@]12CC[C@H]3c4ccc(OS(N)(=O)=O)cc4CC[C@@H]3[C@@H]1CC=C2C=O. The Morgan fingerprint density at radius 3 is 2.84 bits per heavy atom. The molecule has 4 rings (SSSR count). The molecule has 3 aliphatic carbocycles. The van der Waals surface area contributed by atoms with Crippen LogP contribution in [-0.2, 0) is 21.5 Å². The molecule has 6 heteroatoms. The minimum Gasteiger partial charge on any atom is -0.371 e. The smallest absolute Gasteiger partial charge is 0.371 e. The molecule has 0 aromatic heterocycles. The standard InChI is InChI=1S/C19H23NO4S/c1-19-9-8-16-15-6-4-14(24-25(20,22)23)10-12(15)2-5-17(16)18(19)7-3-13(19)11-21/h3-4,6,10-11,16-18H,2,5,7-9H2,1H3,(H2,20,22,23)/t16-,17-,18-,19+/m0/s1. The fraction of sp³-hybridized carbons (Fsp3) is 0.526. The molecular weight excluding hydrogens is 338 g/mol. The van der Waals surface area contributed by atoms with Gasteiger partial charge in [-0.25, -0.2) is 0 Å².